The highest BCUT2D eigenvalue weighted by Gasteiger charge is 2.39. The maximum atomic E-state index is 13.8. The predicted molar refractivity (Wildman–Crippen MR) is 111 cm³/mol. The van der Waals surface area contributed by atoms with E-state index in [-0.39, 0.29) is 23.4 Å². The molecule has 0 radical (unpaired) electrons. The van der Waals surface area contributed by atoms with Crippen LogP contribution in [0.5, 0.6) is 0 Å². The number of hydrogen-bond donors (Lipinski definition) is 2. The van der Waals surface area contributed by atoms with E-state index in [2.05, 4.69) is 4.98 Å². The number of nitrogens with one attached hydrogen (secondary N) is 1. The Bertz CT molecular complexity index is 1200. The zero-order valence-electron chi connectivity index (χ0n) is 16.1. The molecule has 0 saturated heterocycles. The second kappa shape index (κ2) is 7.87. The SMILES string of the molecule is NCCCCc1c(-c2cc3ccccc3s2)[nH]c2cc(C(F)(F)F)cc(C(F)(F)F)c12. The lowest BCUT2D eigenvalue weighted by molar-refractivity contribution is -0.142. The highest BCUT2D eigenvalue weighted by atomic mass is 32.1. The van der Waals surface area contributed by atoms with Crippen LogP contribution in [0.15, 0.2) is 42.5 Å². The standard InChI is InChI=1S/C22H18F6N2S/c23-21(24,25)13-10-15(22(26,27)28)19-14(6-3-4-8-29)20(30-16(19)11-13)18-9-12-5-1-2-7-17(12)31-18/h1-2,5,7,9-11,30H,3-4,6,8,29H2. The molecule has 0 aliphatic carbocycles. The molecule has 4 rings (SSSR count). The number of unbranched alkanes of at least 4 members (excludes halogenated alkanes) is 1. The van der Waals surface area contributed by atoms with Gasteiger partial charge in [0.25, 0.3) is 0 Å². The zero-order valence-corrected chi connectivity index (χ0v) is 16.9. The topological polar surface area (TPSA) is 41.8 Å². The Morgan fingerprint density at radius 2 is 1.65 bits per heavy atom. The van der Waals surface area contributed by atoms with Gasteiger partial charge in [-0.1, -0.05) is 18.2 Å². The van der Waals surface area contributed by atoms with Crippen molar-refractivity contribution in [1.29, 1.82) is 0 Å². The highest BCUT2D eigenvalue weighted by molar-refractivity contribution is 7.22. The van der Waals surface area contributed by atoms with Crippen molar-refractivity contribution in [3.8, 4) is 10.6 Å². The molecule has 0 unspecified atom stereocenters. The van der Waals surface area contributed by atoms with Crippen LogP contribution in [0.2, 0.25) is 0 Å². The summed E-state index contributed by atoms with van der Waals surface area (Å²) in [6.45, 7) is 0.380. The Labute approximate surface area is 177 Å². The van der Waals surface area contributed by atoms with Crippen molar-refractivity contribution in [2.45, 2.75) is 31.6 Å². The number of fused-ring (bicyclic) bond motifs is 2. The summed E-state index contributed by atoms with van der Waals surface area (Å²) >= 11 is 1.38. The van der Waals surface area contributed by atoms with Crippen molar-refractivity contribution < 1.29 is 26.3 Å². The molecule has 0 aliphatic heterocycles. The maximum Gasteiger partial charge on any atom is 0.417 e. The maximum absolute atomic E-state index is 13.8. The summed E-state index contributed by atoms with van der Waals surface area (Å²) in [6, 6.07) is 10.3. The molecule has 3 N–H and O–H groups in total. The van der Waals surface area contributed by atoms with Crippen LogP contribution in [0.25, 0.3) is 31.6 Å². The summed E-state index contributed by atoms with van der Waals surface area (Å²) in [5.74, 6) is 0. The summed E-state index contributed by atoms with van der Waals surface area (Å²) in [7, 11) is 0. The van der Waals surface area contributed by atoms with Crippen molar-refractivity contribution in [2.75, 3.05) is 6.54 Å². The molecule has 0 aliphatic rings. The summed E-state index contributed by atoms with van der Waals surface area (Å²) in [4.78, 5) is 3.55. The van der Waals surface area contributed by atoms with Gasteiger partial charge >= 0.3 is 12.4 Å². The number of thiophene rings is 1. The van der Waals surface area contributed by atoms with Crippen molar-refractivity contribution in [3.63, 3.8) is 0 Å². The van der Waals surface area contributed by atoms with Crippen molar-refractivity contribution in [2.24, 2.45) is 5.73 Å². The van der Waals surface area contributed by atoms with E-state index in [9.17, 15) is 26.3 Å². The van der Waals surface area contributed by atoms with Gasteiger partial charge in [-0.15, -0.1) is 11.3 Å². The number of benzene rings is 2. The summed E-state index contributed by atoms with van der Waals surface area (Å²) < 4.78 is 82.4. The molecule has 164 valence electrons. The summed E-state index contributed by atoms with van der Waals surface area (Å²) in [5, 5.41) is 0.714. The third-order valence-corrected chi connectivity index (χ3v) is 6.32. The number of rotatable bonds is 5. The summed E-state index contributed by atoms with van der Waals surface area (Å²) in [5.41, 5.74) is 3.56. The van der Waals surface area contributed by atoms with Crippen LogP contribution in [0.1, 0.15) is 29.5 Å². The van der Waals surface area contributed by atoms with E-state index in [1.807, 2.05) is 30.3 Å². The van der Waals surface area contributed by atoms with Gasteiger partial charge in [-0.25, -0.2) is 0 Å². The van der Waals surface area contributed by atoms with Crippen LogP contribution in [0, 0.1) is 0 Å². The molecule has 9 heteroatoms. The fourth-order valence-electron chi connectivity index (χ4n) is 3.80. The van der Waals surface area contributed by atoms with Gasteiger partial charge in [0, 0.05) is 15.6 Å². The zero-order chi connectivity index (χ0) is 22.4. The number of halogens is 6. The van der Waals surface area contributed by atoms with E-state index in [1.54, 1.807) is 0 Å². The molecule has 0 amide bonds. The molecule has 0 bridgehead atoms. The van der Waals surface area contributed by atoms with Gasteiger partial charge in [0.15, 0.2) is 0 Å². The lowest BCUT2D eigenvalue weighted by atomic mass is 9.97. The molecule has 4 aromatic rings. The third kappa shape index (κ3) is 4.16. The monoisotopic (exact) mass is 456 g/mol. The normalized spacial score (nSPS) is 12.9. The van der Waals surface area contributed by atoms with Crippen LogP contribution in [-0.4, -0.2) is 11.5 Å². The second-order valence-corrected chi connectivity index (χ2v) is 8.40. The number of aryl methyl sites for hydroxylation is 1. The van der Waals surface area contributed by atoms with Gasteiger partial charge in [-0.3, -0.25) is 0 Å². The van der Waals surface area contributed by atoms with Crippen molar-refractivity contribution in [1.82, 2.24) is 4.98 Å². The molecule has 2 heterocycles. The molecular formula is C22H18F6N2S. The molecule has 0 fully saturated rings. The van der Waals surface area contributed by atoms with Crippen LogP contribution in [0.4, 0.5) is 26.3 Å². The first kappa shape index (κ1) is 21.7. The van der Waals surface area contributed by atoms with Crippen molar-refractivity contribution in [3.05, 3.63) is 59.2 Å². The molecule has 2 nitrogen and oxygen atoms in total. The Balaban J connectivity index is 2.01. The van der Waals surface area contributed by atoms with Gasteiger partial charge in [-0.2, -0.15) is 26.3 Å². The lowest BCUT2D eigenvalue weighted by Crippen LogP contribution is -2.11. The Morgan fingerprint density at radius 1 is 0.903 bits per heavy atom. The van der Waals surface area contributed by atoms with Crippen LogP contribution >= 0.6 is 11.3 Å². The Kier molecular flexibility index (Phi) is 5.51. The van der Waals surface area contributed by atoms with Gasteiger partial charge < -0.3 is 10.7 Å². The first-order valence-electron chi connectivity index (χ1n) is 9.61. The quantitative estimate of drug-likeness (QED) is 0.239. The Hall–Kier alpha value is -2.52. The third-order valence-electron chi connectivity index (χ3n) is 5.19. The minimum absolute atomic E-state index is 0.169. The van der Waals surface area contributed by atoms with Crippen LogP contribution < -0.4 is 5.73 Å². The van der Waals surface area contributed by atoms with E-state index in [1.165, 1.54) is 11.3 Å². The number of alkyl halides is 6. The minimum atomic E-state index is -4.93. The molecule has 2 aromatic carbocycles. The molecule has 0 spiro atoms. The van der Waals surface area contributed by atoms with Crippen molar-refractivity contribution >= 4 is 32.3 Å². The summed E-state index contributed by atoms with van der Waals surface area (Å²) in [6.07, 6.45) is -8.42. The van der Waals surface area contributed by atoms with Gasteiger partial charge in [0.05, 0.1) is 21.7 Å². The fourth-order valence-corrected chi connectivity index (χ4v) is 4.89. The van der Waals surface area contributed by atoms with E-state index in [4.69, 9.17) is 5.73 Å². The number of H-pyrrole nitrogens is 1. The first-order chi connectivity index (χ1) is 14.6. The molecule has 0 atom stereocenters. The number of aromatic nitrogens is 1. The largest absolute Gasteiger partial charge is 0.417 e. The molecular weight excluding hydrogens is 438 g/mol. The average molecular weight is 456 g/mol. The Morgan fingerprint density at radius 3 is 2.29 bits per heavy atom. The van der Waals surface area contributed by atoms with Crippen LogP contribution in [-0.2, 0) is 18.8 Å². The van der Waals surface area contributed by atoms with Gasteiger partial charge in [0.1, 0.15) is 0 Å². The second-order valence-electron chi connectivity index (χ2n) is 7.31. The number of aromatic amines is 1. The molecule has 31 heavy (non-hydrogen) atoms. The van der Waals surface area contributed by atoms with E-state index < -0.39 is 23.5 Å². The van der Waals surface area contributed by atoms with E-state index in [0.29, 0.717) is 35.5 Å². The lowest BCUT2D eigenvalue weighted by Gasteiger charge is -2.14. The van der Waals surface area contributed by atoms with Gasteiger partial charge in [-0.05, 0) is 61.0 Å². The molecule has 0 saturated carbocycles. The fraction of sp³-hybridized carbons (Fsp3) is 0.273. The number of hydrogen-bond acceptors (Lipinski definition) is 2. The minimum Gasteiger partial charge on any atom is -0.354 e. The highest BCUT2D eigenvalue weighted by Crippen LogP contribution is 2.45. The molecule has 2 aromatic heterocycles. The van der Waals surface area contributed by atoms with Gasteiger partial charge in [0.2, 0.25) is 0 Å². The number of nitrogens with two attached hydrogens (primary N) is 1. The average Bonchev–Trinajstić information content (AvgIpc) is 3.27. The van der Waals surface area contributed by atoms with E-state index in [0.717, 1.165) is 16.2 Å². The predicted octanol–water partition coefficient (Wildman–Crippen LogP) is 7.37. The van der Waals surface area contributed by atoms with E-state index >= 15 is 0 Å². The smallest absolute Gasteiger partial charge is 0.354 e. The van der Waals surface area contributed by atoms with Crippen LogP contribution in [0.3, 0.4) is 0 Å². The first-order valence-corrected chi connectivity index (χ1v) is 10.4.